The molecule has 2 rings (SSSR count). The smallest absolute Gasteiger partial charge is 0.226 e. The molecule has 4 heteroatoms. The van der Waals surface area contributed by atoms with Gasteiger partial charge in [-0.3, -0.25) is 4.79 Å². The van der Waals surface area contributed by atoms with Crippen molar-refractivity contribution in [3.8, 4) is 0 Å². The van der Waals surface area contributed by atoms with Gasteiger partial charge in [0.15, 0.2) is 0 Å². The number of benzene rings is 2. The third-order valence-corrected chi connectivity index (χ3v) is 3.53. The lowest BCUT2D eigenvalue weighted by Crippen LogP contribution is -2.17. The molecule has 0 aromatic heterocycles. The summed E-state index contributed by atoms with van der Waals surface area (Å²) in [5.74, 6) is -0.298. The highest BCUT2D eigenvalue weighted by atomic mass is 19.1. The average molecular weight is 300 g/mol. The second kappa shape index (κ2) is 7.59. The second-order valence-corrected chi connectivity index (χ2v) is 5.19. The van der Waals surface area contributed by atoms with Crippen molar-refractivity contribution in [2.45, 2.75) is 26.7 Å². The number of aryl methyl sites for hydroxylation is 2. The number of amides is 1. The zero-order valence-corrected chi connectivity index (χ0v) is 12.9. The molecule has 0 aliphatic carbocycles. The molecule has 0 aliphatic heterocycles. The predicted molar refractivity (Wildman–Crippen MR) is 88.7 cm³/mol. The molecule has 0 bridgehead atoms. The van der Waals surface area contributed by atoms with Crippen LogP contribution in [0.3, 0.4) is 0 Å². The van der Waals surface area contributed by atoms with Crippen LogP contribution in [0, 0.1) is 12.7 Å². The SMILES string of the molecule is CCc1cccc(C)c1NC(=O)CCNc1ccc(F)cc1. The van der Waals surface area contributed by atoms with E-state index in [4.69, 9.17) is 0 Å². The van der Waals surface area contributed by atoms with Gasteiger partial charge in [-0.05, 0) is 48.7 Å². The Morgan fingerprint density at radius 1 is 1.14 bits per heavy atom. The van der Waals surface area contributed by atoms with Crippen LogP contribution in [0.1, 0.15) is 24.5 Å². The van der Waals surface area contributed by atoms with Crippen molar-refractivity contribution >= 4 is 17.3 Å². The van der Waals surface area contributed by atoms with E-state index in [1.54, 1.807) is 12.1 Å². The highest BCUT2D eigenvalue weighted by Gasteiger charge is 2.08. The molecule has 2 N–H and O–H groups in total. The predicted octanol–water partition coefficient (Wildman–Crippen LogP) is 4.14. The highest BCUT2D eigenvalue weighted by Crippen LogP contribution is 2.21. The molecule has 0 spiro atoms. The molecule has 0 atom stereocenters. The first kappa shape index (κ1) is 16.0. The molecule has 0 radical (unpaired) electrons. The van der Waals surface area contributed by atoms with E-state index in [0.29, 0.717) is 13.0 Å². The van der Waals surface area contributed by atoms with Gasteiger partial charge in [0.05, 0.1) is 0 Å². The summed E-state index contributed by atoms with van der Waals surface area (Å²) < 4.78 is 12.8. The van der Waals surface area contributed by atoms with Gasteiger partial charge in [0, 0.05) is 24.3 Å². The lowest BCUT2D eigenvalue weighted by molar-refractivity contribution is -0.115. The maximum absolute atomic E-state index is 12.8. The third kappa shape index (κ3) is 4.32. The fourth-order valence-corrected chi connectivity index (χ4v) is 2.29. The maximum Gasteiger partial charge on any atom is 0.226 e. The molecule has 116 valence electrons. The number of halogens is 1. The normalized spacial score (nSPS) is 10.3. The van der Waals surface area contributed by atoms with Crippen LogP contribution in [0.15, 0.2) is 42.5 Å². The van der Waals surface area contributed by atoms with Crippen LogP contribution in [-0.2, 0) is 11.2 Å². The Labute approximate surface area is 130 Å². The monoisotopic (exact) mass is 300 g/mol. The van der Waals surface area contributed by atoms with E-state index in [1.165, 1.54) is 12.1 Å². The minimum Gasteiger partial charge on any atom is -0.385 e. The van der Waals surface area contributed by atoms with E-state index in [1.807, 2.05) is 25.1 Å². The van der Waals surface area contributed by atoms with Crippen molar-refractivity contribution in [1.29, 1.82) is 0 Å². The van der Waals surface area contributed by atoms with Crippen LogP contribution in [0.4, 0.5) is 15.8 Å². The standard InChI is InChI=1S/C18H21FN2O/c1-3-14-6-4-5-13(2)18(14)21-17(22)11-12-20-16-9-7-15(19)8-10-16/h4-10,20H,3,11-12H2,1-2H3,(H,21,22). The Morgan fingerprint density at radius 3 is 2.55 bits per heavy atom. The van der Waals surface area contributed by atoms with Crippen molar-refractivity contribution in [3.63, 3.8) is 0 Å². The van der Waals surface area contributed by atoms with Gasteiger partial charge in [-0.1, -0.05) is 25.1 Å². The van der Waals surface area contributed by atoms with Gasteiger partial charge in [-0.25, -0.2) is 4.39 Å². The molecule has 0 aliphatic rings. The molecule has 2 aromatic rings. The van der Waals surface area contributed by atoms with E-state index < -0.39 is 0 Å². The van der Waals surface area contributed by atoms with Crippen molar-refractivity contribution in [2.24, 2.45) is 0 Å². The summed E-state index contributed by atoms with van der Waals surface area (Å²) in [6, 6.07) is 12.1. The molecule has 0 fully saturated rings. The summed E-state index contributed by atoms with van der Waals surface area (Å²) in [7, 11) is 0. The van der Waals surface area contributed by atoms with Gasteiger partial charge < -0.3 is 10.6 Å². The lowest BCUT2D eigenvalue weighted by Gasteiger charge is -2.13. The minimum absolute atomic E-state index is 0.0291. The van der Waals surface area contributed by atoms with Crippen LogP contribution < -0.4 is 10.6 Å². The molecule has 0 saturated carbocycles. The van der Waals surface area contributed by atoms with E-state index in [9.17, 15) is 9.18 Å². The minimum atomic E-state index is -0.269. The Balaban J connectivity index is 1.87. The Morgan fingerprint density at radius 2 is 1.86 bits per heavy atom. The first-order chi connectivity index (χ1) is 10.6. The zero-order chi connectivity index (χ0) is 15.9. The Hall–Kier alpha value is -2.36. The highest BCUT2D eigenvalue weighted by molar-refractivity contribution is 5.92. The van der Waals surface area contributed by atoms with E-state index in [-0.39, 0.29) is 11.7 Å². The Kier molecular flexibility index (Phi) is 5.53. The van der Waals surface area contributed by atoms with Crippen LogP contribution in [0.5, 0.6) is 0 Å². The number of hydrogen-bond donors (Lipinski definition) is 2. The van der Waals surface area contributed by atoms with Crippen LogP contribution in [-0.4, -0.2) is 12.5 Å². The van der Waals surface area contributed by atoms with Crippen LogP contribution in [0.2, 0.25) is 0 Å². The lowest BCUT2D eigenvalue weighted by atomic mass is 10.1. The van der Waals surface area contributed by atoms with Crippen molar-refractivity contribution in [2.75, 3.05) is 17.2 Å². The van der Waals surface area contributed by atoms with Gasteiger partial charge in [0.2, 0.25) is 5.91 Å². The largest absolute Gasteiger partial charge is 0.385 e. The first-order valence-electron chi connectivity index (χ1n) is 7.48. The fourth-order valence-electron chi connectivity index (χ4n) is 2.29. The van der Waals surface area contributed by atoms with Crippen LogP contribution in [0.25, 0.3) is 0 Å². The van der Waals surface area contributed by atoms with Gasteiger partial charge in [0.25, 0.3) is 0 Å². The molecule has 0 unspecified atom stereocenters. The molecule has 0 heterocycles. The average Bonchev–Trinajstić information content (AvgIpc) is 2.51. The van der Waals surface area contributed by atoms with Gasteiger partial charge >= 0.3 is 0 Å². The summed E-state index contributed by atoms with van der Waals surface area (Å²) in [6.07, 6.45) is 1.24. The quantitative estimate of drug-likeness (QED) is 0.842. The number of nitrogens with one attached hydrogen (secondary N) is 2. The molecular weight excluding hydrogens is 279 g/mol. The molecule has 0 saturated heterocycles. The molecule has 22 heavy (non-hydrogen) atoms. The van der Waals surface area contributed by atoms with E-state index >= 15 is 0 Å². The first-order valence-corrected chi connectivity index (χ1v) is 7.48. The molecule has 2 aromatic carbocycles. The molecule has 1 amide bonds. The summed E-state index contributed by atoms with van der Waals surface area (Å²) >= 11 is 0. The van der Waals surface area contributed by atoms with Crippen molar-refractivity contribution < 1.29 is 9.18 Å². The Bertz CT molecular complexity index is 638. The van der Waals surface area contributed by atoms with Crippen LogP contribution >= 0.6 is 0 Å². The molecular formula is C18H21FN2O. The topological polar surface area (TPSA) is 41.1 Å². The van der Waals surface area contributed by atoms with Gasteiger partial charge in [-0.2, -0.15) is 0 Å². The van der Waals surface area contributed by atoms with E-state index in [2.05, 4.69) is 17.6 Å². The number of anilines is 2. The summed E-state index contributed by atoms with van der Waals surface area (Å²) in [5.41, 5.74) is 3.93. The van der Waals surface area contributed by atoms with Gasteiger partial charge in [-0.15, -0.1) is 0 Å². The van der Waals surface area contributed by atoms with E-state index in [0.717, 1.165) is 28.9 Å². The fraction of sp³-hybridized carbons (Fsp3) is 0.278. The zero-order valence-electron chi connectivity index (χ0n) is 12.9. The number of carbonyl (C=O) groups is 1. The van der Waals surface area contributed by atoms with Crippen molar-refractivity contribution in [1.82, 2.24) is 0 Å². The van der Waals surface area contributed by atoms with Crippen molar-refractivity contribution in [3.05, 3.63) is 59.4 Å². The van der Waals surface area contributed by atoms with Gasteiger partial charge in [0.1, 0.15) is 5.82 Å². The number of rotatable bonds is 6. The second-order valence-electron chi connectivity index (χ2n) is 5.19. The third-order valence-electron chi connectivity index (χ3n) is 3.53. The molecule has 3 nitrogen and oxygen atoms in total. The summed E-state index contributed by atoms with van der Waals surface area (Å²) in [6.45, 7) is 4.57. The summed E-state index contributed by atoms with van der Waals surface area (Å²) in [4.78, 5) is 12.1. The summed E-state index contributed by atoms with van der Waals surface area (Å²) in [5, 5.41) is 6.09. The number of hydrogen-bond acceptors (Lipinski definition) is 2. The number of carbonyl (C=O) groups excluding carboxylic acids is 1. The maximum atomic E-state index is 12.8. The number of para-hydroxylation sites is 1.